The van der Waals surface area contributed by atoms with Crippen molar-refractivity contribution in [3.05, 3.63) is 58.9 Å². The summed E-state index contributed by atoms with van der Waals surface area (Å²) in [5.41, 5.74) is 1.96. The van der Waals surface area contributed by atoms with Gasteiger partial charge in [-0.25, -0.2) is 4.98 Å². The van der Waals surface area contributed by atoms with Gasteiger partial charge in [0.1, 0.15) is 0 Å². The quantitative estimate of drug-likeness (QED) is 0.681. The Morgan fingerprint density at radius 1 is 1.28 bits per heavy atom. The first-order valence-electron chi connectivity index (χ1n) is 8.56. The van der Waals surface area contributed by atoms with Crippen molar-refractivity contribution in [2.75, 3.05) is 5.32 Å². The number of carbonyl (C=O) groups is 1. The molecule has 150 valence electrons. The Hall–Kier alpha value is -3.07. The fourth-order valence-corrected chi connectivity index (χ4v) is 3.37. The highest BCUT2D eigenvalue weighted by atomic mass is 35.5. The predicted octanol–water partition coefficient (Wildman–Crippen LogP) is 4.38. The summed E-state index contributed by atoms with van der Waals surface area (Å²) in [6.45, 7) is 0. The topological polar surface area (TPSA) is 68.5 Å². The molecule has 29 heavy (non-hydrogen) atoms. The second-order valence-electron chi connectivity index (χ2n) is 6.50. The normalized spacial score (nSPS) is 16.6. The monoisotopic (exact) mass is 422 g/mol. The van der Waals surface area contributed by atoms with Crippen LogP contribution >= 0.6 is 11.6 Å². The number of amides is 1. The lowest BCUT2D eigenvalue weighted by Gasteiger charge is -2.10. The van der Waals surface area contributed by atoms with E-state index in [0.29, 0.717) is 27.5 Å². The van der Waals surface area contributed by atoms with Crippen LogP contribution in [0.3, 0.4) is 0 Å². The predicted molar refractivity (Wildman–Crippen MR) is 102 cm³/mol. The van der Waals surface area contributed by atoms with E-state index >= 15 is 0 Å². The highest BCUT2D eigenvalue weighted by Gasteiger charge is 2.36. The summed E-state index contributed by atoms with van der Waals surface area (Å²) in [5, 5.41) is 7.06. The van der Waals surface area contributed by atoms with E-state index in [9.17, 15) is 18.0 Å². The molecule has 1 aliphatic rings. The molecule has 1 amide bonds. The summed E-state index contributed by atoms with van der Waals surface area (Å²) in [5.74, 6) is -1.48. The maximum Gasteiger partial charge on any atom is 0.449 e. The van der Waals surface area contributed by atoms with Crippen LogP contribution < -0.4 is 5.32 Å². The van der Waals surface area contributed by atoms with E-state index in [1.807, 2.05) is 0 Å². The number of anilines is 1. The highest BCUT2D eigenvalue weighted by Crippen LogP contribution is 2.31. The standard InChI is InChI=1S/C19H14ClF3N4O2/c1-27-15-7-6-10(8-14(15)25-18(27)19(21,22)23)24-17(28)16-9-13(26-29-16)11-4-2-3-5-12(11)20/h2-8,16H,9H2,1H3,(H,24,28). The van der Waals surface area contributed by atoms with Crippen molar-refractivity contribution in [2.45, 2.75) is 18.7 Å². The van der Waals surface area contributed by atoms with Crippen molar-refractivity contribution in [2.24, 2.45) is 12.2 Å². The average molecular weight is 423 g/mol. The van der Waals surface area contributed by atoms with Crippen LogP contribution in [-0.2, 0) is 22.9 Å². The molecule has 0 fully saturated rings. The van der Waals surface area contributed by atoms with Crippen molar-refractivity contribution in [3.63, 3.8) is 0 Å². The third-order valence-electron chi connectivity index (χ3n) is 4.55. The van der Waals surface area contributed by atoms with Crippen LogP contribution in [0.1, 0.15) is 17.8 Å². The van der Waals surface area contributed by atoms with E-state index in [0.717, 1.165) is 4.57 Å². The number of aryl methyl sites for hydroxylation is 1. The Morgan fingerprint density at radius 3 is 2.76 bits per heavy atom. The van der Waals surface area contributed by atoms with Gasteiger partial charge < -0.3 is 14.7 Å². The molecule has 0 saturated carbocycles. The fraction of sp³-hybridized carbons (Fsp3) is 0.211. The van der Waals surface area contributed by atoms with Gasteiger partial charge in [-0.2, -0.15) is 13.2 Å². The molecule has 10 heteroatoms. The molecule has 2 heterocycles. The molecule has 0 spiro atoms. The van der Waals surface area contributed by atoms with Crippen LogP contribution in [0, 0.1) is 0 Å². The van der Waals surface area contributed by atoms with Gasteiger partial charge in [0, 0.05) is 29.7 Å². The molecule has 0 aliphatic carbocycles. The molecule has 0 radical (unpaired) electrons. The van der Waals surface area contributed by atoms with Gasteiger partial charge in [-0.15, -0.1) is 0 Å². The molecule has 1 aliphatic heterocycles. The van der Waals surface area contributed by atoms with Gasteiger partial charge in [-0.3, -0.25) is 4.79 Å². The third-order valence-corrected chi connectivity index (χ3v) is 4.88. The molecule has 1 unspecified atom stereocenters. The van der Waals surface area contributed by atoms with Crippen molar-refractivity contribution < 1.29 is 22.8 Å². The minimum absolute atomic E-state index is 0.123. The first-order valence-corrected chi connectivity index (χ1v) is 8.94. The highest BCUT2D eigenvalue weighted by molar-refractivity contribution is 6.34. The number of aromatic nitrogens is 2. The van der Waals surface area contributed by atoms with Crippen LogP contribution in [0.15, 0.2) is 47.6 Å². The van der Waals surface area contributed by atoms with E-state index in [1.165, 1.54) is 25.2 Å². The first kappa shape index (κ1) is 19.3. The summed E-state index contributed by atoms with van der Waals surface area (Å²) in [6.07, 6.45) is -5.22. The summed E-state index contributed by atoms with van der Waals surface area (Å²) in [4.78, 5) is 21.3. The fourth-order valence-electron chi connectivity index (χ4n) is 3.13. The molecule has 1 aromatic heterocycles. The van der Waals surface area contributed by atoms with Crippen LogP contribution in [0.4, 0.5) is 18.9 Å². The number of nitrogens with one attached hydrogen (secondary N) is 1. The first-order chi connectivity index (χ1) is 13.7. The van der Waals surface area contributed by atoms with E-state index in [-0.39, 0.29) is 11.9 Å². The van der Waals surface area contributed by atoms with Crippen LogP contribution in [0.5, 0.6) is 0 Å². The number of benzene rings is 2. The number of oxime groups is 1. The van der Waals surface area contributed by atoms with Gasteiger partial charge in [-0.05, 0) is 24.3 Å². The van der Waals surface area contributed by atoms with Crippen LogP contribution in [0.2, 0.25) is 5.02 Å². The van der Waals surface area contributed by atoms with Crippen molar-refractivity contribution in [3.8, 4) is 0 Å². The van der Waals surface area contributed by atoms with E-state index in [4.69, 9.17) is 16.4 Å². The van der Waals surface area contributed by atoms with Gasteiger partial charge in [0.25, 0.3) is 5.91 Å². The SMILES string of the molecule is Cn1c(C(F)(F)F)nc2cc(NC(=O)C3CC(c4ccccc4Cl)=NO3)ccc21. The van der Waals surface area contributed by atoms with Gasteiger partial charge in [0.15, 0.2) is 0 Å². The number of halogens is 4. The maximum absolute atomic E-state index is 13.0. The number of nitrogens with zero attached hydrogens (tertiary/aromatic N) is 3. The lowest BCUT2D eigenvalue weighted by Crippen LogP contribution is -2.28. The number of hydrogen-bond acceptors (Lipinski definition) is 4. The van der Waals surface area contributed by atoms with Gasteiger partial charge in [-0.1, -0.05) is 35.0 Å². The van der Waals surface area contributed by atoms with Gasteiger partial charge in [0.05, 0.1) is 16.7 Å². The number of fused-ring (bicyclic) bond motifs is 1. The summed E-state index contributed by atoms with van der Waals surface area (Å²) >= 11 is 6.14. The molecule has 2 aromatic carbocycles. The molecule has 3 aromatic rings. The largest absolute Gasteiger partial charge is 0.449 e. The molecule has 1 N–H and O–H groups in total. The number of imidazole rings is 1. The zero-order valence-electron chi connectivity index (χ0n) is 15.0. The number of alkyl halides is 3. The van der Waals surface area contributed by atoms with E-state index in [1.54, 1.807) is 24.3 Å². The Labute approximate surface area is 167 Å². The van der Waals surface area contributed by atoms with E-state index < -0.39 is 24.0 Å². The molecular weight excluding hydrogens is 409 g/mol. The number of rotatable bonds is 3. The van der Waals surface area contributed by atoms with Crippen LogP contribution in [-0.4, -0.2) is 27.3 Å². The Kier molecular flexibility index (Phi) is 4.70. The lowest BCUT2D eigenvalue weighted by molar-refractivity contribution is -0.146. The second kappa shape index (κ2) is 7.07. The molecular formula is C19H14ClF3N4O2. The minimum atomic E-state index is -4.57. The second-order valence-corrected chi connectivity index (χ2v) is 6.91. The maximum atomic E-state index is 13.0. The Balaban J connectivity index is 1.49. The van der Waals surface area contributed by atoms with Crippen LogP contribution in [0.25, 0.3) is 11.0 Å². The lowest BCUT2D eigenvalue weighted by atomic mass is 10.0. The third kappa shape index (κ3) is 3.65. The zero-order chi connectivity index (χ0) is 20.8. The van der Waals surface area contributed by atoms with Gasteiger partial charge in [0.2, 0.25) is 11.9 Å². The van der Waals surface area contributed by atoms with Gasteiger partial charge >= 0.3 is 6.18 Å². The molecule has 4 rings (SSSR count). The number of carbonyl (C=O) groups excluding carboxylic acids is 1. The Morgan fingerprint density at radius 2 is 2.03 bits per heavy atom. The molecule has 6 nitrogen and oxygen atoms in total. The smallest absolute Gasteiger partial charge is 0.382 e. The average Bonchev–Trinajstić information content (AvgIpc) is 3.27. The molecule has 1 atom stereocenters. The van der Waals surface area contributed by atoms with Crippen molar-refractivity contribution in [1.82, 2.24) is 9.55 Å². The molecule has 0 bridgehead atoms. The summed E-state index contributed by atoms with van der Waals surface area (Å²) in [7, 11) is 1.29. The summed E-state index contributed by atoms with van der Waals surface area (Å²) in [6, 6.07) is 11.4. The number of hydrogen-bond donors (Lipinski definition) is 1. The zero-order valence-corrected chi connectivity index (χ0v) is 15.8. The Bertz CT molecular complexity index is 1140. The van der Waals surface area contributed by atoms with Crippen molar-refractivity contribution >= 4 is 39.9 Å². The van der Waals surface area contributed by atoms with Crippen molar-refractivity contribution in [1.29, 1.82) is 0 Å². The minimum Gasteiger partial charge on any atom is -0.382 e. The van der Waals surface area contributed by atoms with E-state index in [2.05, 4.69) is 15.5 Å². The summed E-state index contributed by atoms with van der Waals surface area (Å²) < 4.78 is 40.0. The molecule has 0 saturated heterocycles.